The minimum absolute atomic E-state index is 0.0682. The highest BCUT2D eigenvalue weighted by atomic mass is 16.2. The lowest BCUT2D eigenvalue weighted by atomic mass is 10.1. The Morgan fingerprint density at radius 2 is 1.93 bits per heavy atom. The van der Waals surface area contributed by atoms with E-state index in [0.717, 1.165) is 24.8 Å². The Morgan fingerprint density at radius 3 is 2.59 bits per heavy atom. The van der Waals surface area contributed by atoms with Gasteiger partial charge < -0.3 is 4.90 Å². The van der Waals surface area contributed by atoms with Crippen LogP contribution in [-0.4, -0.2) is 43.8 Å². The molecule has 2 heterocycles. The topological polar surface area (TPSA) is 72.5 Å². The number of amides is 1. The number of hydrogen-bond acceptors (Lipinski definition) is 4. The third-order valence-corrected chi connectivity index (χ3v) is 4.71. The second-order valence-corrected chi connectivity index (χ2v) is 6.67. The number of fused-ring (bicyclic) bond motifs is 1. The first kappa shape index (κ1) is 18.8. The lowest BCUT2D eigenvalue weighted by molar-refractivity contribution is -0.130. The summed E-state index contributed by atoms with van der Waals surface area (Å²) in [5.41, 5.74) is 2.98. The zero-order valence-corrected chi connectivity index (χ0v) is 16.1. The average molecular weight is 367 g/mol. The molecule has 0 spiro atoms. The summed E-state index contributed by atoms with van der Waals surface area (Å²) in [6.45, 7) is 4.79. The molecule has 0 saturated heterocycles. The molecule has 0 atom stereocenters. The Hall–Kier alpha value is -2.96. The summed E-state index contributed by atoms with van der Waals surface area (Å²) in [4.78, 5) is 26.6. The molecule has 0 unspecified atom stereocenters. The van der Waals surface area contributed by atoms with E-state index in [1.807, 2.05) is 12.1 Å². The lowest BCUT2D eigenvalue weighted by Gasteiger charge is -2.16. The highest BCUT2D eigenvalue weighted by molar-refractivity contribution is 5.75. The van der Waals surface area contributed by atoms with Gasteiger partial charge in [-0.2, -0.15) is 10.2 Å². The Morgan fingerprint density at radius 1 is 1.19 bits per heavy atom. The summed E-state index contributed by atoms with van der Waals surface area (Å²) in [7, 11) is 1.75. The molecule has 7 nitrogen and oxygen atoms in total. The van der Waals surface area contributed by atoms with Gasteiger partial charge in [-0.3, -0.25) is 9.59 Å². The maximum atomic E-state index is 12.7. The van der Waals surface area contributed by atoms with Gasteiger partial charge in [-0.25, -0.2) is 9.20 Å². The molecule has 1 amide bonds. The Balaban J connectivity index is 1.86. The van der Waals surface area contributed by atoms with Gasteiger partial charge in [-0.05, 0) is 24.5 Å². The van der Waals surface area contributed by atoms with Gasteiger partial charge in [-0.1, -0.05) is 44.5 Å². The molecule has 0 aliphatic rings. The lowest BCUT2D eigenvalue weighted by Crippen LogP contribution is -2.36. The maximum Gasteiger partial charge on any atom is 0.293 e. The molecular weight excluding hydrogens is 342 g/mol. The van der Waals surface area contributed by atoms with E-state index in [4.69, 9.17) is 0 Å². The standard InChI is InChI=1S/C20H25N5O2/c1-4-6-11-23(3)19(26)13-24-20(27)18-12-17(22-25(18)14-21-24)16-9-7-15(5-2)8-10-16/h7-10,12,14H,4-6,11,13H2,1-3H3. The monoisotopic (exact) mass is 367 g/mol. The maximum absolute atomic E-state index is 12.7. The largest absolute Gasteiger partial charge is 0.344 e. The Labute approximate surface area is 158 Å². The van der Waals surface area contributed by atoms with Crippen LogP contribution in [0.4, 0.5) is 0 Å². The van der Waals surface area contributed by atoms with E-state index in [-0.39, 0.29) is 18.0 Å². The summed E-state index contributed by atoms with van der Waals surface area (Å²) in [6.07, 6.45) is 4.40. The molecule has 0 aliphatic carbocycles. The van der Waals surface area contributed by atoms with E-state index in [0.29, 0.717) is 17.8 Å². The molecule has 0 aliphatic heterocycles. The first-order chi connectivity index (χ1) is 13.0. The number of aromatic nitrogens is 4. The summed E-state index contributed by atoms with van der Waals surface area (Å²) in [6, 6.07) is 9.85. The first-order valence-corrected chi connectivity index (χ1v) is 9.32. The molecule has 0 radical (unpaired) electrons. The van der Waals surface area contributed by atoms with Crippen LogP contribution in [0.1, 0.15) is 32.3 Å². The van der Waals surface area contributed by atoms with Gasteiger partial charge in [0.25, 0.3) is 5.56 Å². The van der Waals surface area contributed by atoms with Crippen molar-refractivity contribution in [1.82, 2.24) is 24.3 Å². The quantitative estimate of drug-likeness (QED) is 0.643. The molecule has 27 heavy (non-hydrogen) atoms. The number of unbranched alkanes of at least 4 members (excludes halogenated alkanes) is 1. The molecule has 1 aromatic carbocycles. The van der Waals surface area contributed by atoms with Crippen LogP contribution in [0.15, 0.2) is 41.5 Å². The van der Waals surface area contributed by atoms with Crippen LogP contribution in [0.3, 0.4) is 0 Å². The fourth-order valence-electron chi connectivity index (χ4n) is 2.87. The van der Waals surface area contributed by atoms with E-state index >= 15 is 0 Å². The summed E-state index contributed by atoms with van der Waals surface area (Å²) in [5, 5.41) is 8.54. The number of aryl methyl sites for hydroxylation is 1. The molecule has 3 rings (SSSR count). The smallest absolute Gasteiger partial charge is 0.293 e. The molecule has 142 valence electrons. The summed E-state index contributed by atoms with van der Waals surface area (Å²) in [5.74, 6) is -0.128. The van der Waals surface area contributed by atoms with Crippen LogP contribution in [0.5, 0.6) is 0 Å². The van der Waals surface area contributed by atoms with Gasteiger partial charge >= 0.3 is 0 Å². The third kappa shape index (κ3) is 4.07. The van der Waals surface area contributed by atoms with Crippen molar-refractivity contribution in [3.05, 3.63) is 52.6 Å². The van der Waals surface area contributed by atoms with Gasteiger partial charge in [0.2, 0.25) is 5.91 Å². The zero-order valence-electron chi connectivity index (χ0n) is 16.1. The number of benzene rings is 1. The molecule has 0 bridgehead atoms. The second-order valence-electron chi connectivity index (χ2n) is 6.67. The molecule has 0 fully saturated rings. The predicted octanol–water partition coefficient (Wildman–Crippen LogP) is 2.38. The van der Waals surface area contributed by atoms with Crippen LogP contribution >= 0.6 is 0 Å². The third-order valence-electron chi connectivity index (χ3n) is 4.71. The SMILES string of the molecule is CCCCN(C)C(=O)Cn1ncn2nc(-c3ccc(CC)cc3)cc2c1=O. The molecule has 2 aromatic heterocycles. The van der Waals surface area contributed by atoms with Crippen LogP contribution in [0, 0.1) is 0 Å². The Kier molecular flexibility index (Phi) is 5.69. The summed E-state index contributed by atoms with van der Waals surface area (Å²) >= 11 is 0. The van der Waals surface area contributed by atoms with E-state index < -0.39 is 0 Å². The van der Waals surface area contributed by atoms with Crippen LogP contribution in [0.25, 0.3) is 16.8 Å². The van der Waals surface area contributed by atoms with Crippen molar-refractivity contribution in [2.75, 3.05) is 13.6 Å². The van der Waals surface area contributed by atoms with Crippen molar-refractivity contribution >= 4 is 11.4 Å². The molecule has 0 N–H and O–H groups in total. The van der Waals surface area contributed by atoms with Crippen molar-refractivity contribution in [3.8, 4) is 11.3 Å². The van der Waals surface area contributed by atoms with Crippen LogP contribution in [-0.2, 0) is 17.8 Å². The molecular formula is C20H25N5O2. The highest BCUT2D eigenvalue weighted by Gasteiger charge is 2.14. The van der Waals surface area contributed by atoms with Crippen molar-refractivity contribution in [2.24, 2.45) is 0 Å². The number of nitrogens with zero attached hydrogens (tertiary/aromatic N) is 5. The molecule has 3 aromatic rings. The minimum atomic E-state index is -0.321. The number of hydrogen-bond donors (Lipinski definition) is 0. The van der Waals surface area contributed by atoms with Crippen molar-refractivity contribution in [2.45, 2.75) is 39.7 Å². The van der Waals surface area contributed by atoms with Gasteiger partial charge in [0.1, 0.15) is 18.4 Å². The van der Waals surface area contributed by atoms with Crippen molar-refractivity contribution in [1.29, 1.82) is 0 Å². The van der Waals surface area contributed by atoms with Gasteiger partial charge in [0.15, 0.2) is 0 Å². The van der Waals surface area contributed by atoms with E-state index in [9.17, 15) is 9.59 Å². The number of carbonyl (C=O) groups is 1. The zero-order chi connectivity index (χ0) is 19.4. The number of carbonyl (C=O) groups excluding carboxylic acids is 1. The molecule has 0 saturated carbocycles. The highest BCUT2D eigenvalue weighted by Crippen LogP contribution is 2.19. The van der Waals surface area contributed by atoms with Gasteiger partial charge in [0, 0.05) is 19.2 Å². The van der Waals surface area contributed by atoms with Crippen LogP contribution in [0.2, 0.25) is 0 Å². The normalized spacial score (nSPS) is 11.1. The fourth-order valence-corrected chi connectivity index (χ4v) is 2.87. The van der Waals surface area contributed by atoms with E-state index in [1.54, 1.807) is 18.0 Å². The predicted molar refractivity (Wildman–Crippen MR) is 105 cm³/mol. The summed E-state index contributed by atoms with van der Waals surface area (Å²) < 4.78 is 2.67. The second kappa shape index (κ2) is 8.16. The van der Waals surface area contributed by atoms with Gasteiger partial charge in [-0.15, -0.1) is 0 Å². The minimum Gasteiger partial charge on any atom is -0.344 e. The average Bonchev–Trinajstić information content (AvgIpc) is 3.13. The van der Waals surface area contributed by atoms with E-state index in [1.165, 1.54) is 21.1 Å². The first-order valence-electron chi connectivity index (χ1n) is 9.32. The van der Waals surface area contributed by atoms with E-state index in [2.05, 4.69) is 36.2 Å². The molecule has 7 heteroatoms. The number of rotatable bonds is 7. The van der Waals surface area contributed by atoms with Gasteiger partial charge in [0.05, 0.1) is 5.69 Å². The van der Waals surface area contributed by atoms with Crippen molar-refractivity contribution < 1.29 is 4.79 Å². The Bertz CT molecular complexity index is 988. The van der Waals surface area contributed by atoms with Crippen LogP contribution < -0.4 is 5.56 Å². The number of likely N-dealkylation sites (N-methyl/N-ethyl adjacent to an activating group) is 1. The van der Waals surface area contributed by atoms with Crippen molar-refractivity contribution in [3.63, 3.8) is 0 Å². The fraction of sp³-hybridized carbons (Fsp3) is 0.400.